The lowest BCUT2D eigenvalue weighted by Gasteiger charge is -2.47. The van der Waals surface area contributed by atoms with Crippen molar-refractivity contribution in [2.75, 3.05) is 0 Å². The van der Waals surface area contributed by atoms with Crippen LogP contribution in [-0.2, 0) is 10.8 Å². The number of hydrogen-bond acceptors (Lipinski definition) is 3. The second-order valence-electron chi connectivity index (χ2n) is 17.6. The highest BCUT2D eigenvalue weighted by atomic mass is 15.0. The Balaban J connectivity index is 1.14. The maximum absolute atomic E-state index is 5.16. The summed E-state index contributed by atoms with van der Waals surface area (Å²) in [6, 6.07) is 68.3. The third kappa shape index (κ3) is 6.19. The molecule has 0 saturated heterocycles. The van der Waals surface area contributed by atoms with Gasteiger partial charge in [-0.05, 0) is 108 Å². The number of H-pyrrole nitrogens is 1. The molecular weight excluding hydrogens is 803 g/mol. The highest BCUT2D eigenvalue weighted by molar-refractivity contribution is 6.15. The number of nitrogens with zero attached hydrogens (tertiary/aromatic N) is 4. The maximum atomic E-state index is 5.16. The first-order valence-corrected chi connectivity index (χ1v) is 22.6. The van der Waals surface area contributed by atoms with Gasteiger partial charge in [0.25, 0.3) is 0 Å². The zero-order valence-corrected chi connectivity index (χ0v) is 36.7. The maximum Gasteiger partial charge on any atom is 0.161 e. The highest BCUT2D eigenvalue weighted by Crippen LogP contribution is 2.57. The minimum absolute atomic E-state index is 0.496. The number of benzene rings is 8. The van der Waals surface area contributed by atoms with Crippen LogP contribution in [0.4, 0.5) is 0 Å². The molecule has 3 heterocycles. The summed E-state index contributed by atoms with van der Waals surface area (Å²) in [5.74, 6) is 1.15. The van der Waals surface area contributed by atoms with Crippen molar-refractivity contribution in [3.8, 4) is 5.69 Å². The zero-order valence-electron chi connectivity index (χ0n) is 36.7. The molecule has 5 nitrogen and oxygen atoms in total. The monoisotopic (exact) mass is 847 g/mol. The van der Waals surface area contributed by atoms with E-state index in [-0.39, 0.29) is 0 Å². The first-order valence-electron chi connectivity index (χ1n) is 22.6. The summed E-state index contributed by atoms with van der Waals surface area (Å²) in [7, 11) is 0. The van der Waals surface area contributed by atoms with E-state index in [1.165, 1.54) is 54.9 Å². The molecule has 0 saturated carbocycles. The standard InChI is InChI=1S/C61H45N5/c1-60(43-25-11-7-12-26-43)51-38-49-47-31-16-18-33-56(47)66(45-29-21-24-42(36-45)59-63-35-20-5-3-4-19-34-62-58(65-59)41-22-9-6-10-23-41)57(49)40-53(51)61(2,44-27-13-8-14-28-44)50-37-48-46-30-15-17-32-54(46)64-55(48)39-52(50)60/h3-40,64H,1-2H3/b4-3?,5-3-,19-4+,20-5?,34-19?,35-20-,62-34?,62-58?,63-35?,63-59?,65-58?,65-59?. The Bertz CT molecular complexity index is 3710. The molecule has 12 rings (SSSR count). The molecule has 2 aromatic heterocycles. The minimum Gasteiger partial charge on any atom is -0.355 e. The van der Waals surface area contributed by atoms with Gasteiger partial charge >= 0.3 is 0 Å². The van der Waals surface area contributed by atoms with Crippen molar-refractivity contribution in [2.45, 2.75) is 24.7 Å². The minimum atomic E-state index is -0.522. The Morgan fingerprint density at radius 1 is 0.424 bits per heavy atom. The third-order valence-electron chi connectivity index (χ3n) is 13.9. The molecule has 0 fully saturated rings. The SMILES string of the molecule is CC1(c2ccccc2)c2cc3[nH]c4ccccc4c3cc2C(C)(c2ccccc2)c2cc3c(cc21)c1ccccc1n3-c1cccc(C2=N\C=C/C=C\C=C\C=NC(c3ccccc3)=N2)c1. The van der Waals surface area contributed by atoms with E-state index in [1.807, 2.05) is 60.7 Å². The van der Waals surface area contributed by atoms with Crippen LogP contribution in [0.1, 0.15) is 58.4 Å². The average molecular weight is 848 g/mol. The largest absolute Gasteiger partial charge is 0.355 e. The topological polar surface area (TPSA) is 57.8 Å². The number of aromatic amines is 1. The van der Waals surface area contributed by atoms with Crippen LogP contribution in [0.25, 0.3) is 49.3 Å². The molecule has 1 aliphatic carbocycles. The Hall–Kier alpha value is -8.41. The Labute approximate surface area is 383 Å². The number of fused-ring (bicyclic) bond motifs is 8. The van der Waals surface area contributed by atoms with Crippen molar-refractivity contribution >= 4 is 61.5 Å². The molecule has 314 valence electrons. The molecule has 1 N–H and O–H groups in total. The molecule has 2 atom stereocenters. The van der Waals surface area contributed by atoms with Crippen LogP contribution in [0.2, 0.25) is 0 Å². The van der Waals surface area contributed by atoms with Gasteiger partial charge in [-0.25, -0.2) is 15.0 Å². The number of rotatable bonds is 5. The van der Waals surface area contributed by atoms with Crippen LogP contribution < -0.4 is 0 Å². The number of allylic oxidation sites excluding steroid dienone is 5. The van der Waals surface area contributed by atoms with Crippen LogP contribution >= 0.6 is 0 Å². The molecule has 0 radical (unpaired) electrons. The summed E-state index contributed by atoms with van der Waals surface area (Å²) in [6.07, 6.45) is 13.3. The average Bonchev–Trinajstić information content (AvgIpc) is 3.90. The fourth-order valence-corrected chi connectivity index (χ4v) is 10.6. The normalized spacial score (nSPS) is 19.7. The molecule has 2 aliphatic rings. The molecule has 0 spiro atoms. The van der Waals surface area contributed by atoms with E-state index >= 15 is 0 Å². The highest BCUT2D eigenvalue weighted by Gasteiger charge is 2.48. The van der Waals surface area contributed by atoms with E-state index in [0.29, 0.717) is 11.7 Å². The quantitative estimate of drug-likeness (QED) is 0.179. The molecule has 66 heavy (non-hydrogen) atoms. The summed E-state index contributed by atoms with van der Waals surface area (Å²) in [5, 5.41) is 4.86. The summed E-state index contributed by atoms with van der Waals surface area (Å²) in [6.45, 7) is 4.88. The third-order valence-corrected chi connectivity index (χ3v) is 13.9. The first kappa shape index (κ1) is 39.2. The number of nitrogens with one attached hydrogen (secondary N) is 1. The molecular formula is C61H45N5. The van der Waals surface area contributed by atoms with Crippen molar-refractivity contribution in [1.82, 2.24) is 9.55 Å². The van der Waals surface area contributed by atoms with Gasteiger partial charge in [-0.1, -0.05) is 158 Å². The van der Waals surface area contributed by atoms with Crippen LogP contribution in [0.3, 0.4) is 0 Å². The predicted molar refractivity (Wildman–Crippen MR) is 276 cm³/mol. The smallest absolute Gasteiger partial charge is 0.161 e. The Kier molecular flexibility index (Phi) is 9.32. The van der Waals surface area contributed by atoms with E-state index in [9.17, 15) is 0 Å². The van der Waals surface area contributed by atoms with Gasteiger partial charge in [0.15, 0.2) is 11.7 Å². The second kappa shape index (κ2) is 15.7. The summed E-state index contributed by atoms with van der Waals surface area (Å²) in [4.78, 5) is 18.7. The van der Waals surface area contributed by atoms with Gasteiger partial charge in [0.2, 0.25) is 0 Å². The van der Waals surface area contributed by atoms with Crippen molar-refractivity contribution in [3.63, 3.8) is 0 Å². The van der Waals surface area contributed by atoms with Crippen LogP contribution in [0, 0.1) is 0 Å². The summed E-state index contributed by atoms with van der Waals surface area (Å²) < 4.78 is 2.43. The molecule has 0 amide bonds. The van der Waals surface area contributed by atoms with Gasteiger partial charge in [0.1, 0.15) is 0 Å². The van der Waals surface area contributed by atoms with E-state index in [0.717, 1.165) is 38.9 Å². The fraction of sp³-hybridized carbons (Fsp3) is 0.0656. The lowest BCUT2D eigenvalue weighted by Crippen LogP contribution is -2.41. The van der Waals surface area contributed by atoms with Crippen LogP contribution in [0.15, 0.2) is 240 Å². The zero-order chi connectivity index (χ0) is 44.2. The van der Waals surface area contributed by atoms with Crippen LogP contribution in [0.5, 0.6) is 0 Å². The first-order chi connectivity index (χ1) is 32.5. The van der Waals surface area contributed by atoms with Gasteiger partial charge in [-0.3, -0.25) is 0 Å². The van der Waals surface area contributed by atoms with Crippen molar-refractivity contribution in [3.05, 3.63) is 269 Å². The van der Waals surface area contributed by atoms with Crippen molar-refractivity contribution < 1.29 is 0 Å². The summed E-state index contributed by atoms with van der Waals surface area (Å²) in [5.41, 5.74) is 14.0. The van der Waals surface area contributed by atoms with Gasteiger partial charge in [0, 0.05) is 72.6 Å². The molecule has 2 unspecified atom stereocenters. The number of hydrogen-bond donors (Lipinski definition) is 1. The predicted octanol–water partition coefficient (Wildman–Crippen LogP) is 14.3. The van der Waals surface area contributed by atoms with E-state index in [4.69, 9.17) is 15.0 Å². The number of aromatic nitrogens is 2. The van der Waals surface area contributed by atoms with Crippen LogP contribution in [-0.4, -0.2) is 27.4 Å². The Morgan fingerprint density at radius 3 is 1.77 bits per heavy atom. The van der Waals surface area contributed by atoms with E-state index < -0.39 is 10.8 Å². The van der Waals surface area contributed by atoms with Crippen molar-refractivity contribution in [2.24, 2.45) is 15.0 Å². The molecule has 10 aromatic rings. The summed E-state index contributed by atoms with van der Waals surface area (Å²) >= 11 is 0. The molecule has 1 aliphatic heterocycles. The van der Waals surface area contributed by atoms with Gasteiger partial charge in [-0.15, -0.1) is 0 Å². The fourth-order valence-electron chi connectivity index (χ4n) is 10.6. The van der Waals surface area contributed by atoms with E-state index in [1.54, 1.807) is 12.4 Å². The second-order valence-corrected chi connectivity index (χ2v) is 17.6. The molecule has 5 heteroatoms. The van der Waals surface area contributed by atoms with Gasteiger partial charge < -0.3 is 9.55 Å². The van der Waals surface area contributed by atoms with E-state index in [2.05, 4.69) is 181 Å². The Morgan fingerprint density at radius 2 is 1.02 bits per heavy atom. The molecule has 0 bridgehead atoms. The number of amidine groups is 2. The lowest BCUT2D eigenvalue weighted by molar-refractivity contribution is 0.570. The number of aliphatic imine (C=N–C) groups is 3. The molecule has 8 aromatic carbocycles. The lowest BCUT2D eigenvalue weighted by atomic mass is 9.54. The number of para-hydroxylation sites is 2. The van der Waals surface area contributed by atoms with Crippen molar-refractivity contribution in [1.29, 1.82) is 0 Å². The van der Waals surface area contributed by atoms with Gasteiger partial charge in [0.05, 0.1) is 11.0 Å². The van der Waals surface area contributed by atoms with Gasteiger partial charge in [-0.2, -0.15) is 0 Å².